The highest BCUT2D eigenvalue weighted by atomic mass is 19.1. The highest BCUT2D eigenvalue weighted by molar-refractivity contribution is 5.64. The second kappa shape index (κ2) is 8.80. The predicted molar refractivity (Wildman–Crippen MR) is 109 cm³/mol. The molecule has 0 N–H and O–H groups in total. The third-order valence-electron chi connectivity index (χ3n) is 4.99. The van der Waals surface area contributed by atoms with Crippen LogP contribution in [0.25, 0.3) is 11.1 Å². The van der Waals surface area contributed by atoms with E-state index in [1.54, 1.807) is 6.07 Å². The maximum Gasteiger partial charge on any atom is 0.127 e. The first-order valence-electron chi connectivity index (χ1n) is 9.65. The van der Waals surface area contributed by atoms with Crippen molar-refractivity contribution in [1.82, 2.24) is 0 Å². The molecule has 0 nitrogen and oxygen atoms in total. The van der Waals surface area contributed by atoms with Crippen molar-refractivity contribution in [2.45, 2.75) is 46.0 Å². The zero-order chi connectivity index (χ0) is 18.4. The molecule has 0 aliphatic heterocycles. The molecule has 0 aliphatic rings. The number of halogens is 1. The molecule has 0 saturated heterocycles. The van der Waals surface area contributed by atoms with Gasteiger partial charge in [0.05, 0.1) is 0 Å². The molecule has 0 atom stereocenters. The van der Waals surface area contributed by atoms with Gasteiger partial charge < -0.3 is 0 Å². The van der Waals surface area contributed by atoms with Crippen LogP contribution in [-0.2, 0) is 25.7 Å². The Morgan fingerprint density at radius 2 is 1.19 bits per heavy atom. The Balaban J connectivity index is 1.67. The topological polar surface area (TPSA) is 0 Å². The fraction of sp³-hybridized carbons (Fsp3) is 0.280. The van der Waals surface area contributed by atoms with Crippen LogP contribution in [0.5, 0.6) is 0 Å². The lowest BCUT2D eigenvalue weighted by molar-refractivity contribution is 0.609. The molecule has 26 heavy (non-hydrogen) atoms. The van der Waals surface area contributed by atoms with Crippen LogP contribution in [0.2, 0.25) is 0 Å². The highest BCUT2D eigenvalue weighted by Crippen LogP contribution is 2.23. The maximum atomic E-state index is 14.5. The van der Waals surface area contributed by atoms with E-state index < -0.39 is 0 Å². The van der Waals surface area contributed by atoms with E-state index in [1.165, 1.54) is 16.7 Å². The summed E-state index contributed by atoms with van der Waals surface area (Å²) in [6.07, 6.45) is 4.91. The third kappa shape index (κ3) is 4.60. The summed E-state index contributed by atoms with van der Waals surface area (Å²) >= 11 is 0. The number of rotatable bonds is 7. The normalized spacial score (nSPS) is 10.9. The van der Waals surface area contributed by atoms with Crippen molar-refractivity contribution in [3.63, 3.8) is 0 Å². The Hall–Kier alpha value is -2.41. The first-order chi connectivity index (χ1) is 12.7. The standard InChI is InChI=1S/C25H27F/c1-3-5-20-6-8-21(9-7-20)12-15-23-16-17-24(18-25(23)26)22-13-10-19(4-2)11-14-22/h6-11,13-14,16-18H,3-5,12,15H2,1-2H3. The zero-order valence-electron chi connectivity index (χ0n) is 15.8. The van der Waals surface area contributed by atoms with E-state index in [2.05, 4.69) is 62.4 Å². The van der Waals surface area contributed by atoms with Crippen molar-refractivity contribution in [2.75, 3.05) is 0 Å². The first kappa shape index (κ1) is 18.4. The van der Waals surface area contributed by atoms with Gasteiger partial charge in [-0.2, -0.15) is 0 Å². The van der Waals surface area contributed by atoms with Crippen LogP contribution in [0.3, 0.4) is 0 Å². The van der Waals surface area contributed by atoms with Crippen molar-refractivity contribution >= 4 is 0 Å². The molecule has 0 fully saturated rings. The zero-order valence-corrected chi connectivity index (χ0v) is 15.8. The quantitative estimate of drug-likeness (QED) is 0.441. The van der Waals surface area contributed by atoms with Crippen LogP contribution >= 0.6 is 0 Å². The van der Waals surface area contributed by atoms with Crippen LogP contribution in [-0.4, -0.2) is 0 Å². The van der Waals surface area contributed by atoms with Gasteiger partial charge in [0.2, 0.25) is 0 Å². The van der Waals surface area contributed by atoms with Crippen LogP contribution in [0.15, 0.2) is 66.7 Å². The van der Waals surface area contributed by atoms with E-state index >= 15 is 0 Å². The SMILES string of the molecule is CCCc1ccc(CCc2ccc(-c3ccc(CC)cc3)cc2F)cc1. The monoisotopic (exact) mass is 346 g/mol. The molecule has 0 aliphatic carbocycles. The Morgan fingerprint density at radius 3 is 1.77 bits per heavy atom. The smallest absolute Gasteiger partial charge is 0.127 e. The van der Waals surface area contributed by atoms with Gasteiger partial charge in [0.15, 0.2) is 0 Å². The average molecular weight is 346 g/mol. The summed E-state index contributed by atoms with van der Waals surface area (Å²) in [6.45, 7) is 4.33. The summed E-state index contributed by atoms with van der Waals surface area (Å²) in [7, 11) is 0. The highest BCUT2D eigenvalue weighted by Gasteiger charge is 2.06. The van der Waals surface area contributed by atoms with Crippen molar-refractivity contribution in [3.8, 4) is 11.1 Å². The number of aryl methyl sites for hydroxylation is 4. The minimum atomic E-state index is -0.107. The summed E-state index contributed by atoms with van der Waals surface area (Å²) in [4.78, 5) is 0. The first-order valence-corrected chi connectivity index (χ1v) is 9.65. The molecule has 1 heteroatoms. The molecule has 0 bridgehead atoms. The lowest BCUT2D eigenvalue weighted by Crippen LogP contribution is -1.96. The van der Waals surface area contributed by atoms with E-state index in [0.717, 1.165) is 48.8 Å². The Labute approximate surface area is 156 Å². The molecule has 3 aromatic rings. The fourth-order valence-corrected chi connectivity index (χ4v) is 3.30. The molecule has 0 heterocycles. The Bertz CT molecular complexity index is 829. The second-order valence-corrected chi connectivity index (χ2v) is 6.92. The van der Waals surface area contributed by atoms with E-state index in [4.69, 9.17) is 0 Å². The van der Waals surface area contributed by atoms with Gasteiger partial charge in [0.1, 0.15) is 5.82 Å². The van der Waals surface area contributed by atoms with Crippen molar-refractivity contribution in [2.24, 2.45) is 0 Å². The molecular formula is C25H27F. The van der Waals surface area contributed by atoms with E-state index in [9.17, 15) is 4.39 Å². The van der Waals surface area contributed by atoms with Gasteiger partial charge >= 0.3 is 0 Å². The Kier molecular flexibility index (Phi) is 6.22. The molecule has 0 saturated carbocycles. The molecule has 0 amide bonds. The number of hydrogen-bond acceptors (Lipinski definition) is 0. The summed E-state index contributed by atoms with van der Waals surface area (Å²) in [5.74, 6) is -0.107. The molecular weight excluding hydrogens is 319 g/mol. The molecule has 0 unspecified atom stereocenters. The minimum absolute atomic E-state index is 0.107. The van der Waals surface area contributed by atoms with E-state index in [-0.39, 0.29) is 5.82 Å². The molecule has 0 aromatic heterocycles. The molecule has 0 radical (unpaired) electrons. The summed E-state index contributed by atoms with van der Waals surface area (Å²) < 4.78 is 14.5. The predicted octanol–water partition coefficient (Wildman–Crippen LogP) is 6.79. The van der Waals surface area contributed by atoms with Crippen molar-refractivity contribution < 1.29 is 4.39 Å². The van der Waals surface area contributed by atoms with E-state index in [0.29, 0.717) is 0 Å². The minimum Gasteiger partial charge on any atom is -0.207 e. The molecule has 0 spiro atoms. The van der Waals surface area contributed by atoms with Gasteiger partial charge in [-0.25, -0.2) is 4.39 Å². The van der Waals surface area contributed by atoms with Crippen LogP contribution in [0, 0.1) is 5.82 Å². The second-order valence-electron chi connectivity index (χ2n) is 6.92. The van der Waals surface area contributed by atoms with Crippen LogP contribution < -0.4 is 0 Å². The lowest BCUT2D eigenvalue weighted by Gasteiger charge is -2.08. The molecule has 3 rings (SSSR count). The number of hydrogen-bond donors (Lipinski definition) is 0. The van der Waals surface area contributed by atoms with Crippen LogP contribution in [0.4, 0.5) is 4.39 Å². The van der Waals surface area contributed by atoms with E-state index in [1.807, 2.05) is 12.1 Å². The van der Waals surface area contributed by atoms with Gasteiger partial charge in [-0.1, -0.05) is 80.9 Å². The van der Waals surface area contributed by atoms with Gasteiger partial charge in [-0.05, 0) is 65.1 Å². The molecule has 134 valence electrons. The third-order valence-corrected chi connectivity index (χ3v) is 4.99. The van der Waals surface area contributed by atoms with Crippen molar-refractivity contribution in [3.05, 3.63) is 94.8 Å². The Morgan fingerprint density at radius 1 is 0.615 bits per heavy atom. The summed E-state index contributed by atoms with van der Waals surface area (Å²) in [5.41, 5.74) is 6.74. The number of benzene rings is 3. The maximum absolute atomic E-state index is 14.5. The van der Waals surface area contributed by atoms with Gasteiger partial charge in [0.25, 0.3) is 0 Å². The lowest BCUT2D eigenvalue weighted by atomic mass is 9.98. The average Bonchev–Trinajstić information content (AvgIpc) is 2.68. The van der Waals surface area contributed by atoms with Crippen molar-refractivity contribution in [1.29, 1.82) is 0 Å². The summed E-state index contributed by atoms with van der Waals surface area (Å²) in [5, 5.41) is 0. The molecule has 3 aromatic carbocycles. The largest absolute Gasteiger partial charge is 0.207 e. The van der Waals surface area contributed by atoms with Gasteiger partial charge in [-0.3, -0.25) is 0 Å². The fourth-order valence-electron chi connectivity index (χ4n) is 3.30. The van der Waals surface area contributed by atoms with Gasteiger partial charge in [0, 0.05) is 0 Å². The van der Waals surface area contributed by atoms with Crippen LogP contribution in [0.1, 0.15) is 42.5 Å². The summed E-state index contributed by atoms with van der Waals surface area (Å²) in [6, 6.07) is 22.7. The van der Waals surface area contributed by atoms with Gasteiger partial charge in [-0.15, -0.1) is 0 Å².